The van der Waals surface area contributed by atoms with E-state index in [-0.39, 0.29) is 16.6 Å². The minimum Gasteiger partial charge on any atom is -0.497 e. The van der Waals surface area contributed by atoms with Crippen molar-refractivity contribution in [3.05, 3.63) is 81.1 Å². The van der Waals surface area contributed by atoms with Gasteiger partial charge in [0.2, 0.25) is 0 Å². The number of aromatic nitrogens is 4. The van der Waals surface area contributed by atoms with E-state index in [1.54, 1.807) is 49.7 Å². The highest BCUT2D eigenvalue weighted by molar-refractivity contribution is 5.77. The number of fused-ring (bicyclic) bond motifs is 1. The van der Waals surface area contributed by atoms with Gasteiger partial charge in [0.05, 0.1) is 12.5 Å². The molecule has 0 fully saturated rings. The summed E-state index contributed by atoms with van der Waals surface area (Å²) in [4.78, 5) is 29.9. The van der Waals surface area contributed by atoms with E-state index >= 15 is 0 Å². The van der Waals surface area contributed by atoms with E-state index in [1.807, 2.05) is 19.1 Å². The Balaban J connectivity index is 1.91. The molecule has 0 aliphatic heterocycles. The predicted octanol–water partition coefficient (Wildman–Crippen LogP) is 2.18. The standard InChI is InChI=1S/C19H16N4O3/c1-12-4-3-5-16(20-12)23-18(24)15-10-11-22(19(25)17(15)21-23)13-6-8-14(26-2)9-7-13/h3-11,21H,1-2H3. The van der Waals surface area contributed by atoms with E-state index in [2.05, 4.69) is 10.1 Å². The summed E-state index contributed by atoms with van der Waals surface area (Å²) in [5.41, 5.74) is 1.08. The first-order chi connectivity index (χ1) is 12.6. The fraction of sp³-hybridized carbons (Fsp3) is 0.105. The van der Waals surface area contributed by atoms with Crippen molar-refractivity contribution in [3.63, 3.8) is 0 Å². The topological polar surface area (TPSA) is 81.9 Å². The number of nitrogens with zero attached hydrogens (tertiary/aromatic N) is 3. The van der Waals surface area contributed by atoms with Gasteiger partial charge < -0.3 is 4.74 Å². The number of hydrogen-bond acceptors (Lipinski definition) is 4. The molecule has 7 nitrogen and oxygen atoms in total. The van der Waals surface area contributed by atoms with E-state index in [0.717, 1.165) is 5.69 Å². The Hall–Kier alpha value is -3.61. The molecular formula is C19H16N4O3. The molecular weight excluding hydrogens is 332 g/mol. The Morgan fingerprint density at radius 3 is 2.46 bits per heavy atom. The van der Waals surface area contributed by atoms with Crippen molar-refractivity contribution in [1.29, 1.82) is 0 Å². The number of aromatic amines is 1. The van der Waals surface area contributed by atoms with Crippen LogP contribution < -0.4 is 15.9 Å². The van der Waals surface area contributed by atoms with Crippen LogP contribution in [0.4, 0.5) is 0 Å². The molecule has 3 aromatic heterocycles. The molecule has 4 aromatic rings. The zero-order chi connectivity index (χ0) is 18.3. The smallest absolute Gasteiger partial charge is 0.281 e. The Kier molecular flexibility index (Phi) is 3.69. The van der Waals surface area contributed by atoms with Crippen molar-refractivity contribution in [3.8, 4) is 17.3 Å². The Morgan fingerprint density at radius 1 is 1.00 bits per heavy atom. The zero-order valence-corrected chi connectivity index (χ0v) is 14.3. The van der Waals surface area contributed by atoms with Crippen LogP contribution >= 0.6 is 0 Å². The van der Waals surface area contributed by atoms with Crippen LogP contribution in [0.5, 0.6) is 5.75 Å². The van der Waals surface area contributed by atoms with Crippen molar-refractivity contribution in [2.75, 3.05) is 7.11 Å². The van der Waals surface area contributed by atoms with Gasteiger partial charge in [-0.25, -0.2) is 9.67 Å². The molecule has 4 rings (SSSR count). The first kappa shape index (κ1) is 15.9. The fourth-order valence-corrected chi connectivity index (χ4v) is 2.87. The molecule has 0 saturated heterocycles. The Labute approximate surface area is 148 Å². The largest absolute Gasteiger partial charge is 0.497 e. The second kappa shape index (κ2) is 6.03. The number of methoxy groups -OCH3 is 1. The van der Waals surface area contributed by atoms with Crippen LogP contribution in [0.25, 0.3) is 22.4 Å². The molecule has 0 radical (unpaired) electrons. The van der Waals surface area contributed by atoms with E-state index in [1.165, 1.54) is 9.25 Å². The van der Waals surface area contributed by atoms with Crippen molar-refractivity contribution in [2.24, 2.45) is 0 Å². The molecule has 1 N–H and O–H groups in total. The quantitative estimate of drug-likeness (QED) is 0.615. The highest BCUT2D eigenvalue weighted by Crippen LogP contribution is 2.15. The van der Waals surface area contributed by atoms with Gasteiger partial charge in [0.25, 0.3) is 11.1 Å². The molecule has 7 heteroatoms. The predicted molar refractivity (Wildman–Crippen MR) is 98.6 cm³/mol. The van der Waals surface area contributed by atoms with Gasteiger partial charge in [-0.1, -0.05) is 6.07 Å². The van der Waals surface area contributed by atoms with E-state index < -0.39 is 0 Å². The van der Waals surface area contributed by atoms with Gasteiger partial charge in [0.1, 0.15) is 11.3 Å². The lowest BCUT2D eigenvalue weighted by molar-refractivity contribution is 0.414. The summed E-state index contributed by atoms with van der Waals surface area (Å²) in [5.74, 6) is 1.15. The summed E-state index contributed by atoms with van der Waals surface area (Å²) in [6, 6.07) is 14.1. The summed E-state index contributed by atoms with van der Waals surface area (Å²) in [5, 5.41) is 3.21. The van der Waals surface area contributed by atoms with Gasteiger partial charge in [-0.2, -0.15) is 0 Å². The van der Waals surface area contributed by atoms with Crippen molar-refractivity contribution in [2.45, 2.75) is 6.92 Å². The van der Waals surface area contributed by atoms with Crippen molar-refractivity contribution in [1.82, 2.24) is 19.3 Å². The number of rotatable bonds is 3. The number of aryl methyl sites for hydroxylation is 1. The summed E-state index contributed by atoms with van der Waals surface area (Å²) in [7, 11) is 1.58. The van der Waals surface area contributed by atoms with E-state index in [4.69, 9.17) is 4.74 Å². The third-order valence-electron chi connectivity index (χ3n) is 4.20. The van der Waals surface area contributed by atoms with Crippen LogP contribution in [-0.2, 0) is 0 Å². The SMILES string of the molecule is COc1ccc(-n2ccc3c(=O)n(-c4cccc(C)n4)[nH]c3c2=O)cc1. The normalized spacial score (nSPS) is 11.0. The van der Waals surface area contributed by atoms with Crippen LogP contribution in [0.15, 0.2) is 64.3 Å². The molecule has 0 aliphatic rings. The van der Waals surface area contributed by atoms with Crippen LogP contribution in [0.3, 0.4) is 0 Å². The molecule has 3 heterocycles. The molecule has 1 aromatic carbocycles. The third-order valence-corrected chi connectivity index (χ3v) is 4.20. The van der Waals surface area contributed by atoms with Gasteiger partial charge in [-0.05, 0) is 49.4 Å². The molecule has 0 unspecified atom stereocenters. The van der Waals surface area contributed by atoms with Crippen molar-refractivity contribution < 1.29 is 4.74 Å². The maximum Gasteiger partial charge on any atom is 0.281 e. The summed E-state index contributed by atoms with van der Waals surface area (Å²) < 4.78 is 7.91. The van der Waals surface area contributed by atoms with Gasteiger partial charge in [0, 0.05) is 17.6 Å². The molecule has 0 bridgehead atoms. The Bertz CT molecular complexity index is 1220. The first-order valence-corrected chi connectivity index (χ1v) is 8.03. The van der Waals surface area contributed by atoms with Gasteiger partial charge >= 0.3 is 0 Å². The molecule has 0 atom stereocenters. The lowest BCUT2D eigenvalue weighted by Gasteiger charge is -2.06. The number of pyridine rings is 2. The number of hydrogen-bond donors (Lipinski definition) is 1. The monoisotopic (exact) mass is 348 g/mol. The average molecular weight is 348 g/mol. The highest BCUT2D eigenvalue weighted by Gasteiger charge is 2.14. The van der Waals surface area contributed by atoms with Crippen LogP contribution in [0.1, 0.15) is 5.69 Å². The Morgan fingerprint density at radius 2 is 1.77 bits per heavy atom. The zero-order valence-electron chi connectivity index (χ0n) is 14.3. The number of H-pyrrole nitrogens is 1. The van der Waals surface area contributed by atoms with Crippen molar-refractivity contribution >= 4 is 10.9 Å². The highest BCUT2D eigenvalue weighted by atomic mass is 16.5. The average Bonchev–Trinajstić information content (AvgIpc) is 3.00. The molecule has 0 saturated carbocycles. The van der Waals surface area contributed by atoms with E-state index in [0.29, 0.717) is 22.6 Å². The lowest BCUT2D eigenvalue weighted by atomic mass is 10.2. The van der Waals surface area contributed by atoms with E-state index in [9.17, 15) is 9.59 Å². The minimum atomic E-state index is -0.309. The molecule has 26 heavy (non-hydrogen) atoms. The number of ether oxygens (including phenoxy) is 1. The second-order valence-corrected chi connectivity index (χ2v) is 5.87. The summed E-state index contributed by atoms with van der Waals surface area (Å²) >= 11 is 0. The number of benzene rings is 1. The van der Waals surface area contributed by atoms with Gasteiger partial charge in [0.15, 0.2) is 5.82 Å². The second-order valence-electron chi connectivity index (χ2n) is 5.87. The molecule has 130 valence electrons. The maximum atomic E-state index is 12.9. The summed E-state index contributed by atoms with van der Waals surface area (Å²) in [6.45, 7) is 1.84. The fourth-order valence-electron chi connectivity index (χ4n) is 2.87. The first-order valence-electron chi connectivity index (χ1n) is 8.03. The van der Waals surface area contributed by atoms with Crippen LogP contribution in [-0.4, -0.2) is 26.4 Å². The van der Waals surface area contributed by atoms with Gasteiger partial charge in [-0.3, -0.25) is 19.3 Å². The maximum absolute atomic E-state index is 12.9. The lowest BCUT2D eigenvalue weighted by Crippen LogP contribution is -2.18. The van der Waals surface area contributed by atoms with Gasteiger partial charge in [-0.15, -0.1) is 0 Å². The van der Waals surface area contributed by atoms with Crippen LogP contribution in [0, 0.1) is 6.92 Å². The van der Waals surface area contributed by atoms with Crippen LogP contribution in [0.2, 0.25) is 0 Å². The number of nitrogens with one attached hydrogen (secondary N) is 1. The minimum absolute atomic E-state index is 0.233. The third kappa shape index (κ3) is 2.50. The summed E-state index contributed by atoms with van der Waals surface area (Å²) in [6.07, 6.45) is 1.59. The molecule has 0 amide bonds. The molecule has 0 spiro atoms. The molecule has 0 aliphatic carbocycles.